The number of benzene rings is 1. The van der Waals surface area contributed by atoms with Crippen LogP contribution in [0, 0.1) is 0 Å². The Balaban J connectivity index is 1.98. The number of carbonyl (C=O) groups excluding carboxylic acids is 1. The molecule has 6 heteroatoms. The average Bonchev–Trinajstić information content (AvgIpc) is 3.14. The number of aromatic carboxylic acids is 1. The van der Waals surface area contributed by atoms with Gasteiger partial charge in [-0.1, -0.05) is 0 Å². The van der Waals surface area contributed by atoms with Crippen LogP contribution >= 0.6 is 0 Å². The van der Waals surface area contributed by atoms with Gasteiger partial charge in [-0.05, 0) is 51.8 Å². The summed E-state index contributed by atoms with van der Waals surface area (Å²) in [6.45, 7) is 5.78. The van der Waals surface area contributed by atoms with E-state index in [0.717, 1.165) is 12.8 Å². The van der Waals surface area contributed by atoms with Crippen molar-refractivity contribution in [3.63, 3.8) is 0 Å². The summed E-state index contributed by atoms with van der Waals surface area (Å²) in [7, 11) is 0. The third-order valence-corrected chi connectivity index (χ3v) is 3.69. The van der Waals surface area contributed by atoms with E-state index in [4.69, 9.17) is 14.6 Å². The number of carboxylic acids is 1. The maximum absolute atomic E-state index is 12.5. The molecule has 2 aliphatic rings. The Morgan fingerprint density at radius 1 is 1.32 bits per heavy atom. The van der Waals surface area contributed by atoms with Crippen molar-refractivity contribution in [1.82, 2.24) is 0 Å². The number of ether oxygens (including phenoxy) is 2. The normalized spacial score (nSPS) is 18.4. The lowest BCUT2D eigenvalue weighted by atomic mass is 10.1. The highest BCUT2D eigenvalue weighted by Crippen LogP contribution is 2.48. The van der Waals surface area contributed by atoms with Gasteiger partial charge in [0.1, 0.15) is 17.0 Å². The number of anilines is 1. The molecule has 3 rings (SSSR count). The molecule has 1 aromatic carbocycles. The predicted octanol–water partition coefficient (Wildman–Crippen LogP) is 3.05. The smallest absolute Gasteiger partial charge is 0.415 e. The summed E-state index contributed by atoms with van der Waals surface area (Å²) in [4.78, 5) is 25.1. The molecule has 0 saturated heterocycles. The van der Waals surface area contributed by atoms with Crippen LogP contribution in [-0.2, 0) is 4.74 Å². The van der Waals surface area contributed by atoms with E-state index in [2.05, 4.69) is 0 Å². The SMILES string of the molecule is CC(C)(C)OC(=O)N1CC2(CC2)Oc2ccc(C(=O)O)cc21. The fourth-order valence-corrected chi connectivity index (χ4v) is 2.47. The third-order valence-electron chi connectivity index (χ3n) is 3.69. The van der Waals surface area contributed by atoms with Gasteiger partial charge in [0.25, 0.3) is 0 Å². The van der Waals surface area contributed by atoms with Gasteiger partial charge >= 0.3 is 12.1 Å². The lowest BCUT2D eigenvalue weighted by Gasteiger charge is -2.36. The minimum atomic E-state index is -1.04. The number of nitrogens with zero attached hydrogens (tertiary/aromatic N) is 1. The number of hydrogen-bond donors (Lipinski definition) is 1. The highest BCUT2D eigenvalue weighted by atomic mass is 16.6. The number of hydrogen-bond acceptors (Lipinski definition) is 4. The van der Waals surface area contributed by atoms with Crippen molar-refractivity contribution in [3.8, 4) is 5.75 Å². The van der Waals surface area contributed by atoms with Crippen LogP contribution in [0.3, 0.4) is 0 Å². The predicted molar refractivity (Wildman–Crippen MR) is 79.6 cm³/mol. The molecule has 1 amide bonds. The van der Waals surface area contributed by atoms with E-state index in [9.17, 15) is 9.59 Å². The highest BCUT2D eigenvalue weighted by molar-refractivity contribution is 5.95. The van der Waals surface area contributed by atoms with Crippen LogP contribution < -0.4 is 9.64 Å². The van der Waals surface area contributed by atoms with E-state index in [-0.39, 0.29) is 11.2 Å². The third kappa shape index (κ3) is 2.73. The second kappa shape index (κ2) is 4.63. The molecular formula is C16H19NO5. The molecule has 22 heavy (non-hydrogen) atoms. The summed E-state index contributed by atoms with van der Waals surface area (Å²) >= 11 is 0. The molecule has 1 saturated carbocycles. The topological polar surface area (TPSA) is 76.1 Å². The molecule has 0 unspecified atom stereocenters. The van der Waals surface area contributed by atoms with Gasteiger partial charge in [0.05, 0.1) is 17.8 Å². The zero-order chi connectivity index (χ0) is 16.1. The fraction of sp³-hybridized carbons (Fsp3) is 0.500. The van der Waals surface area contributed by atoms with E-state index in [1.807, 2.05) is 0 Å². The van der Waals surface area contributed by atoms with Crippen molar-refractivity contribution in [3.05, 3.63) is 23.8 Å². The van der Waals surface area contributed by atoms with Crippen LogP contribution in [0.25, 0.3) is 0 Å². The summed E-state index contributed by atoms with van der Waals surface area (Å²) in [5.41, 5.74) is -0.389. The zero-order valence-electron chi connectivity index (χ0n) is 12.9. The van der Waals surface area contributed by atoms with E-state index in [0.29, 0.717) is 18.0 Å². The largest absolute Gasteiger partial charge is 0.483 e. The molecule has 1 aliphatic carbocycles. The Morgan fingerprint density at radius 3 is 2.55 bits per heavy atom. The second-order valence-electron chi connectivity index (χ2n) is 6.84. The molecule has 1 N–H and O–H groups in total. The second-order valence-corrected chi connectivity index (χ2v) is 6.84. The first-order valence-corrected chi connectivity index (χ1v) is 7.26. The fourth-order valence-electron chi connectivity index (χ4n) is 2.47. The van der Waals surface area contributed by atoms with Crippen molar-refractivity contribution in [2.24, 2.45) is 0 Å². The van der Waals surface area contributed by atoms with E-state index in [1.165, 1.54) is 17.0 Å². The van der Waals surface area contributed by atoms with E-state index < -0.39 is 17.7 Å². The van der Waals surface area contributed by atoms with Crippen molar-refractivity contribution in [2.75, 3.05) is 11.4 Å². The van der Waals surface area contributed by atoms with Crippen molar-refractivity contribution >= 4 is 17.7 Å². The molecule has 6 nitrogen and oxygen atoms in total. The standard InChI is InChI=1S/C16H19NO5/c1-15(2,3)22-14(20)17-9-16(6-7-16)21-12-5-4-10(13(18)19)8-11(12)17/h4-5,8H,6-7,9H2,1-3H3,(H,18,19). The Morgan fingerprint density at radius 2 is 2.00 bits per heavy atom. The quantitative estimate of drug-likeness (QED) is 0.863. The molecule has 0 atom stereocenters. The number of amides is 1. The lowest BCUT2D eigenvalue weighted by molar-refractivity contribution is 0.0535. The summed E-state index contributed by atoms with van der Waals surface area (Å²) in [5.74, 6) is -0.516. The first-order chi connectivity index (χ1) is 10.2. The van der Waals surface area contributed by atoms with Gasteiger partial charge in [-0.25, -0.2) is 9.59 Å². The maximum atomic E-state index is 12.5. The van der Waals surface area contributed by atoms with E-state index in [1.54, 1.807) is 26.8 Å². The zero-order valence-corrected chi connectivity index (χ0v) is 12.9. The van der Waals surface area contributed by atoms with Crippen molar-refractivity contribution in [1.29, 1.82) is 0 Å². The maximum Gasteiger partial charge on any atom is 0.415 e. The van der Waals surface area contributed by atoms with Crippen LogP contribution in [0.15, 0.2) is 18.2 Å². The Kier molecular flexibility index (Phi) is 3.09. The molecule has 1 aliphatic heterocycles. The highest BCUT2D eigenvalue weighted by Gasteiger charge is 2.52. The van der Waals surface area contributed by atoms with Gasteiger partial charge in [0.15, 0.2) is 0 Å². The molecular weight excluding hydrogens is 286 g/mol. The Bertz CT molecular complexity index is 642. The molecule has 118 valence electrons. The first-order valence-electron chi connectivity index (χ1n) is 7.26. The molecule has 1 spiro atoms. The van der Waals surface area contributed by atoms with Crippen molar-refractivity contribution < 1.29 is 24.2 Å². The van der Waals surface area contributed by atoms with Gasteiger partial charge < -0.3 is 14.6 Å². The summed E-state index contributed by atoms with van der Waals surface area (Å²) in [5, 5.41) is 9.14. The molecule has 0 bridgehead atoms. The van der Waals surface area contributed by atoms with Gasteiger partial charge in [-0.3, -0.25) is 4.90 Å². The minimum absolute atomic E-state index is 0.114. The average molecular weight is 305 g/mol. The molecule has 0 radical (unpaired) electrons. The van der Waals surface area contributed by atoms with Gasteiger partial charge in [-0.2, -0.15) is 0 Å². The number of rotatable bonds is 1. The summed E-state index contributed by atoms with van der Waals surface area (Å²) in [6, 6.07) is 4.54. The van der Waals surface area contributed by atoms with Crippen molar-refractivity contribution in [2.45, 2.75) is 44.8 Å². The van der Waals surface area contributed by atoms with E-state index >= 15 is 0 Å². The van der Waals surface area contributed by atoms with Crippen LogP contribution in [-0.4, -0.2) is 34.9 Å². The lowest BCUT2D eigenvalue weighted by Crippen LogP contribution is -2.47. The molecule has 0 aromatic heterocycles. The number of fused-ring (bicyclic) bond motifs is 1. The monoisotopic (exact) mass is 305 g/mol. The summed E-state index contributed by atoms with van der Waals surface area (Å²) in [6.07, 6.45) is 1.28. The first kappa shape index (κ1) is 14.7. The minimum Gasteiger partial charge on any atom is -0.483 e. The molecule has 1 fully saturated rings. The van der Waals surface area contributed by atoms with Crippen LogP contribution in [0.4, 0.5) is 10.5 Å². The van der Waals surface area contributed by atoms with Gasteiger partial charge in [-0.15, -0.1) is 0 Å². The Labute approximate surface area is 128 Å². The molecule has 1 heterocycles. The van der Waals surface area contributed by atoms with Crippen LogP contribution in [0.1, 0.15) is 44.0 Å². The summed E-state index contributed by atoms with van der Waals surface area (Å²) < 4.78 is 11.4. The molecule has 1 aromatic rings. The van der Waals surface area contributed by atoms with Gasteiger partial charge in [0.2, 0.25) is 0 Å². The van der Waals surface area contributed by atoms with Gasteiger partial charge in [0, 0.05) is 0 Å². The van der Waals surface area contributed by atoms with Crippen LogP contribution in [0.5, 0.6) is 5.75 Å². The Hall–Kier alpha value is -2.24. The van der Waals surface area contributed by atoms with Crippen LogP contribution in [0.2, 0.25) is 0 Å². The number of carboxylic acid groups (broad SMARTS) is 1. The number of carbonyl (C=O) groups is 2.